The fraction of sp³-hybridized carbons (Fsp3) is 0.182. The van der Waals surface area contributed by atoms with Crippen molar-refractivity contribution in [1.82, 2.24) is 5.16 Å². The van der Waals surface area contributed by atoms with Crippen LogP contribution in [0.25, 0.3) is 11.3 Å². The van der Waals surface area contributed by atoms with Gasteiger partial charge in [0.25, 0.3) is 0 Å². The second-order valence-electron chi connectivity index (χ2n) is 3.52. The third-order valence-corrected chi connectivity index (χ3v) is 3.29. The highest BCUT2D eigenvalue weighted by atomic mass is 127. The molecular weight excluding hydrogens is 303 g/mol. The van der Waals surface area contributed by atoms with Crippen LogP contribution in [-0.2, 0) is 6.42 Å². The quantitative estimate of drug-likeness (QED) is 0.823. The first-order valence-corrected chi connectivity index (χ1v) is 5.91. The number of aromatic nitrogens is 1. The monoisotopic (exact) mass is 312 g/mol. The number of fused-ring (bicyclic) bond motifs is 1. The smallest absolute Gasteiger partial charge is 0.228 e. The minimum atomic E-state index is 0.837. The van der Waals surface area contributed by atoms with Crippen molar-refractivity contribution < 1.29 is 4.52 Å². The third kappa shape index (κ3) is 1.52. The van der Waals surface area contributed by atoms with Crippen LogP contribution in [0.1, 0.15) is 5.56 Å². The second kappa shape index (κ2) is 3.52. The maximum absolute atomic E-state index is 5.23. The molecule has 1 N–H and O–H groups in total. The van der Waals surface area contributed by atoms with Gasteiger partial charge in [0.05, 0.1) is 0 Å². The van der Waals surface area contributed by atoms with Crippen LogP contribution in [0.2, 0.25) is 0 Å². The van der Waals surface area contributed by atoms with Crippen LogP contribution < -0.4 is 5.32 Å². The summed E-state index contributed by atoms with van der Waals surface area (Å²) in [7, 11) is 0. The van der Waals surface area contributed by atoms with Crippen LogP contribution in [0.3, 0.4) is 0 Å². The van der Waals surface area contributed by atoms with Crippen molar-refractivity contribution in [3.63, 3.8) is 0 Å². The minimum Gasteiger partial charge on any atom is -0.353 e. The van der Waals surface area contributed by atoms with Gasteiger partial charge in [-0.1, -0.05) is 17.3 Å². The molecule has 1 aliphatic heterocycles. The molecule has 3 rings (SSSR count). The van der Waals surface area contributed by atoms with Gasteiger partial charge in [0.1, 0.15) is 5.69 Å². The zero-order valence-electron chi connectivity index (χ0n) is 7.96. The van der Waals surface area contributed by atoms with E-state index in [0.717, 1.165) is 30.1 Å². The number of rotatable bonds is 1. The van der Waals surface area contributed by atoms with Crippen LogP contribution in [0.5, 0.6) is 0 Å². The van der Waals surface area contributed by atoms with E-state index in [1.807, 2.05) is 0 Å². The molecule has 1 aliphatic rings. The van der Waals surface area contributed by atoms with Crippen LogP contribution in [0.4, 0.5) is 5.88 Å². The molecule has 4 heteroatoms. The molecule has 1 aromatic heterocycles. The van der Waals surface area contributed by atoms with Gasteiger partial charge < -0.3 is 9.84 Å². The van der Waals surface area contributed by atoms with Gasteiger partial charge in [-0.3, -0.25) is 0 Å². The summed E-state index contributed by atoms with van der Waals surface area (Å²) < 4.78 is 6.46. The molecule has 76 valence electrons. The Labute approximate surface area is 101 Å². The summed E-state index contributed by atoms with van der Waals surface area (Å²) in [6.07, 6.45) is 1.00. The Hall–Kier alpha value is -1.04. The Morgan fingerprint density at radius 3 is 2.87 bits per heavy atom. The van der Waals surface area contributed by atoms with Gasteiger partial charge in [0, 0.05) is 21.2 Å². The molecule has 0 radical (unpaired) electrons. The predicted octanol–water partition coefficient (Wildman–Crippen LogP) is 2.91. The average molecular weight is 312 g/mol. The van der Waals surface area contributed by atoms with Crippen molar-refractivity contribution in [3.8, 4) is 11.3 Å². The minimum absolute atomic E-state index is 0.837. The predicted molar refractivity (Wildman–Crippen MR) is 66.8 cm³/mol. The lowest BCUT2D eigenvalue weighted by molar-refractivity contribution is 0.436. The van der Waals surface area contributed by atoms with Gasteiger partial charge in [-0.2, -0.15) is 0 Å². The van der Waals surface area contributed by atoms with Gasteiger partial charge in [-0.25, -0.2) is 0 Å². The zero-order valence-corrected chi connectivity index (χ0v) is 10.1. The molecular formula is C11H9IN2O. The van der Waals surface area contributed by atoms with E-state index in [1.54, 1.807) is 0 Å². The van der Waals surface area contributed by atoms with E-state index in [-0.39, 0.29) is 0 Å². The normalized spacial score (nSPS) is 13.7. The third-order valence-electron chi connectivity index (χ3n) is 2.57. The summed E-state index contributed by atoms with van der Waals surface area (Å²) in [5, 5.41) is 7.27. The van der Waals surface area contributed by atoms with E-state index in [2.05, 4.69) is 57.3 Å². The Morgan fingerprint density at radius 2 is 2.07 bits per heavy atom. The molecule has 2 heterocycles. The largest absolute Gasteiger partial charge is 0.353 e. The lowest BCUT2D eigenvalue weighted by atomic mass is 10.1. The first-order valence-electron chi connectivity index (χ1n) is 4.83. The van der Waals surface area contributed by atoms with Crippen LogP contribution in [0.15, 0.2) is 28.8 Å². The number of halogens is 1. The summed E-state index contributed by atoms with van der Waals surface area (Å²) in [6, 6.07) is 8.33. The second-order valence-corrected chi connectivity index (χ2v) is 4.77. The van der Waals surface area contributed by atoms with E-state index in [9.17, 15) is 0 Å². The summed E-state index contributed by atoms with van der Waals surface area (Å²) in [4.78, 5) is 0. The SMILES string of the molecule is Ic1ccc(-c2noc3c2CCN3)cc1. The number of benzene rings is 1. The first-order chi connectivity index (χ1) is 7.34. The average Bonchev–Trinajstić information content (AvgIpc) is 2.80. The molecule has 0 fully saturated rings. The molecule has 0 spiro atoms. The molecule has 15 heavy (non-hydrogen) atoms. The van der Waals surface area contributed by atoms with E-state index >= 15 is 0 Å². The van der Waals surface area contributed by atoms with E-state index in [4.69, 9.17) is 4.52 Å². The molecule has 1 aromatic carbocycles. The van der Waals surface area contributed by atoms with Gasteiger partial charge in [0.15, 0.2) is 0 Å². The number of hydrogen-bond acceptors (Lipinski definition) is 3. The highest BCUT2D eigenvalue weighted by Crippen LogP contribution is 2.32. The van der Waals surface area contributed by atoms with E-state index < -0.39 is 0 Å². The molecule has 0 saturated heterocycles. The lowest BCUT2D eigenvalue weighted by Crippen LogP contribution is -1.92. The van der Waals surface area contributed by atoms with Gasteiger partial charge >= 0.3 is 0 Å². The zero-order chi connectivity index (χ0) is 10.3. The van der Waals surface area contributed by atoms with Crippen molar-refractivity contribution in [2.75, 3.05) is 11.9 Å². The Kier molecular flexibility index (Phi) is 2.16. The van der Waals surface area contributed by atoms with Gasteiger partial charge in [0.2, 0.25) is 5.88 Å². The van der Waals surface area contributed by atoms with Gasteiger partial charge in [-0.15, -0.1) is 0 Å². The van der Waals surface area contributed by atoms with Gasteiger partial charge in [-0.05, 0) is 41.1 Å². The molecule has 0 aliphatic carbocycles. The summed E-state index contributed by atoms with van der Waals surface area (Å²) in [6.45, 7) is 0.952. The molecule has 3 nitrogen and oxygen atoms in total. The number of hydrogen-bond donors (Lipinski definition) is 1. The molecule has 0 unspecified atom stereocenters. The fourth-order valence-electron chi connectivity index (χ4n) is 1.82. The Balaban J connectivity index is 2.09. The van der Waals surface area contributed by atoms with Crippen molar-refractivity contribution in [3.05, 3.63) is 33.4 Å². The number of anilines is 1. The van der Waals surface area contributed by atoms with Crippen molar-refractivity contribution in [2.45, 2.75) is 6.42 Å². The van der Waals surface area contributed by atoms with Crippen LogP contribution in [-0.4, -0.2) is 11.7 Å². The van der Waals surface area contributed by atoms with Crippen molar-refractivity contribution in [1.29, 1.82) is 0 Å². The molecule has 0 amide bonds. The van der Waals surface area contributed by atoms with Crippen molar-refractivity contribution >= 4 is 28.5 Å². The summed E-state index contributed by atoms with van der Waals surface area (Å²) >= 11 is 2.30. The highest BCUT2D eigenvalue weighted by molar-refractivity contribution is 14.1. The maximum atomic E-state index is 5.23. The first kappa shape index (κ1) is 9.21. The molecule has 2 aromatic rings. The van der Waals surface area contributed by atoms with Crippen molar-refractivity contribution in [2.24, 2.45) is 0 Å². The number of nitrogens with one attached hydrogen (secondary N) is 1. The van der Waals surface area contributed by atoms with E-state index in [0.29, 0.717) is 0 Å². The fourth-order valence-corrected chi connectivity index (χ4v) is 2.18. The Morgan fingerprint density at radius 1 is 1.27 bits per heavy atom. The molecule has 0 saturated carbocycles. The molecule has 0 atom stereocenters. The maximum Gasteiger partial charge on any atom is 0.228 e. The number of nitrogens with zero attached hydrogens (tertiary/aromatic N) is 1. The summed E-state index contributed by atoms with van der Waals surface area (Å²) in [5.41, 5.74) is 3.31. The van der Waals surface area contributed by atoms with Crippen LogP contribution >= 0.6 is 22.6 Å². The Bertz CT molecular complexity index is 490. The topological polar surface area (TPSA) is 38.1 Å². The highest BCUT2D eigenvalue weighted by Gasteiger charge is 2.21. The summed E-state index contributed by atoms with van der Waals surface area (Å²) in [5.74, 6) is 0.837. The van der Waals surface area contributed by atoms with Crippen LogP contribution in [0, 0.1) is 3.57 Å². The van der Waals surface area contributed by atoms with E-state index in [1.165, 1.54) is 9.13 Å². The molecule has 0 bridgehead atoms. The standard InChI is InChI=1S/C11H9IN2O/c12-8-3-1-7(2-4-8)10-9-5-6-13-11(9)15-14-10/h1-4,13H,5-6H2. The lowest BCUT2D eigenvalue weighted by Gasteiger charge is -1.97.